The molecule has 0 N–H and O–H groups in total. The van der Waals surface area contributed by atoms with Gasteiger partial charge in [-0.25, -0.2) is 0 Å². The molecule has 0 bridgehead atoms. The highest BCUT2D eigenvalue weighted by atomic mass is 35.5. The van der Waals surface area contributed by atoms with Crippen LogP contribution in [0.3, 0.4) is 0 Å². The lowest BCUT2D eigenvalue weighted by molar-refractivity contribution is -0.142. The fourth-order valence-electron chi connectivity index (χ4n) is 6.37. The largest absolute Gasteiger partial charge is 0.478 e. The highest BCUT2D eigenvalue weighted by molar-refractivity contribution is 6.30. The van der Waals surface area contributed by atoms with E-state index in [0.717, 1.165) is 11.1 Å². The molecule has 0 saturated carbocycles. The average molecular weight is 571 g/mol. The molecule has 0 aromatic heterocycles. The first-order valence-corrected chi connectivity index (χ1v) is 14.3. The standard InChI is InChI=1S/C36H27ClN2O3/c37-28-18-12-15-26(23-28)32-24-36(27-16-6-2-7-17-27)33(42-29-19-8-3-9-20-29)35(41)39(36)31-22-11-10-21-30(31)38(32)34(40)25-13-4-1-5-14-25/h1-23,32-33H,24H2/t32-,33-,36+/m1/s1. The topological polar surface area (TPSA) is 49.9 Å². The molecular weight excluding hydrogens is 544 g/mol. The smallest absolute Gasteiger partial charge is 0.271 e. The van der Waals surface area contributed by atoms with Crippen LogP contribution in [0.15, 0.2) is 140 Å². The molecule has 6 heteroatoms. The van der Waals surface area contributed by atoms with Crippen LogP contribution in [-0.4, -0.2) is 17.9 Å². The summed E-state index contributed by atoms with van der Waals surface area (Å²) in [6.45, 7) is 0. The molecule has 2 aliphatic heterocycles. The molecule has 3 atom stereocenters. The first kappa shape index (κ1) is 26.1. The maximum atomic E-state index is 14.5. The Kier molecular flexibility index (Phi) is 6.52. The lowest BCUT2D eigenvalue weighted by atomic mass is 9.70. The van der Waals surface area contributed by atoms with Crippen LogP contribution in [0.2, 0.25) is 5.02 Å². The van der Waals surface area contributed by atoms with Crippen LogP contribution in [0.4, 0.5) is 11.4 Å². The molecule has 2 heterocycles. The molecule has 1 saturated heterocycles. The summed E-state index contributed by atoms with van der Waals surface area (Å²) in [7, 11) is 0. The Bertz CT molecular complexity index is 1760. The van der Waals surface area contributed by atoms with E-state index < -0.39 is 17.7 Å². The Morgan fingerprint density at radius 2 is 1.36 bits per heavy atom. The third-order valence-electron chi connectivity index (χ3n) is 8.22. The fraction of sp³-hybridized carbons (Fsp3) is 0.111. The molecule has 42 heavy (non-hydrogen) atoms. The molecule has 0 aliphatic carbocycles. The van der Waals surface area contributed by atoms with Crippen molar-refractivity contribution >= 4 is 34.8 Å². The normalized spacial score (nSPS) is 21.0. The Balaban J connectivity index is 1.49. The minimum atomic E-state index is -0.914. The number of anilines is 2. The van der Waals surface area contributed by atoms with Gasteiger partial charge in [-0.1, -0.05) is 103 Å². The number of hydrogen-bond donors (Lipinski definition) is 0. The number of halogens is 1. The molecule has 206 valence electrons. The van der Waals surface area contributed by atoms with Crippen LogP contribution in [-0.2, 0) is 10.3 Å². The number of rotatable bonds is 5. The minimum Gasteiger partial charge on any atom is -0.478 e. The summed E-state index contributed by atoms with van der Waals surface area (Å²) in [4.78, 5) is 32.3. The molecule has 5 aromatic carbocycles. The molecule has 7 rings (SSSR count). The van der Waals surface area contributed by atoms with E-state index in [1.165, 1.54) is 0 Å². The number of amides is 2. The van der Waals surface area contributed by atoms with Gasteiger partial charge >= 0.3 is 0 Å². The Hall–Kier alpha value is -4.87. The second kappa shape index (κ2) is 10.5. The van der Waals surface area contributed by atoms with Crippen molar-refractivity contribution in [2.24, 2.45) is 0 Å². The number of nitrogens with zero attached hydrogens (tertiary/aromatic N) is 2. The van der Waals surface area contributed by atoms with E-state index in [1.807, 2.05) is 149 Å². The summed E-state index contributed by atoms with van der Waals surface area (Å²) in [5.74, 6) is 0.292. The van der Waals surface area contributed by atoms with Crippen molar-refractivity contribution in [2.75, 3.05) is 9.80 Å². The Labute approximate surface area is 249 Å². The van der Waals surface area contributed by atoms with Crippen LogP contribution < -0.4 is 14.5 Å². The highest BCUT2D eigenvalue weighted by Crippen LogP contribution is 2.57. The van der Waals surface area contributed by atoms with E-state index in [9.17, 15) is 9.59 Å². The third-order valence-corrected chi connectivity index (χ3v) is 8.45. The zero-order valence-electron chi connectivity index (χ0n) is 22.6. The number of carbonyl (C=O) groups is 2. The zero-order chi connectivity index (χ0) is 28.7. The van der Waals surface area contributed by atoms with Gasteiger partial charge in [-0.2, -0.15) is 0 Å². The van der Waals surface area contributed by atoms with E-state index >= 15 is 0 Å². The monoisotopic (exact) mass is 570 g/mol. The summed E-state index contributed by atoms with van der Waals surface area (Å²) >= 11 is 6.55. The van der Waals surface area contributed by atoms with Crippen LogP contribution in [0.25, 0.3) is 0 Å². The van der Waals surface area contributed by atoms with Crippen molar-refractivity contribution in [3.63, 3.8) is 0 Å². The van der Waals surface area contributed by atoms with E-state index in [4.69, 9.17) is 16.3 Å². The SMILES string of the molecule is O=C(c1ccccc1)N1c2ccccc2N2C(=O)[C@@H](Oc3ccccc3)[C@@]2(c2ccccc2)C[C@@H]1c1cccc(Cl)c1. The molecule has 0 radical (unpaired) electrons. The van der Waals surface area contributed by atoms with Gasteiger partial charge in [-0.3, -0.25) is 19.4 Å². The van der Waals surface area contributed by atoms with Gasteiger partial charge in [0.05, 0.1) is 17.4 Å². The summed E-state index contributed by atoms with van der Waals surface area (Å²) in [6.07, 6.45) is -0.433. The number of ether oxygens (including phenoxy) is 1. The summed E-state index contributed by atoms with van der Waals surface area (Å²) in [6, 6.07) is 43.4. The fourth-order valence-corrected chi connectivity index (χ4v) is 6.57. The van der Waals surface area contributed by atoms with Gasteiger partial charge in [0.2, 0.25) is 6.10 Å². The van der Waals surface area contributed by atoms with Crippen molar-refractivity contribution in [2.45, 2.75) is 24.1 Å². The third kappa shape index (κ3) is 4.16. The molecular formula is C36H27ClN2O3. The molecule has 0 spiro atoms. The van der Waals surface area contributed by atoms with Crippen molar-refractivity contribution < 1.29 is 14.3 Å². The molecule has 2 amide bonds. The number of β-lactam (4-membered cyclic amide) rings is 1. The van der Waals surface area contributed by atoms with Gasteiger partial charge in [0, 0.05) is 17.0 Å². The first-order valence-electron chi connectivity index (χ1n) is 13.9. The van der Waals surface area contributed by atoms with Gasteiger partial charge in [0.25, 0.3) is 11.8 Å². The lowest BCUT2D eigenvalue weighted by Gasteiger charge is -2.56. The minimum absolute atomic E-state index is 0.158. The Morgan fingerprint density at radius 3 is 2.05 bits per heavy atom. The van der Waals surface area contributed by atoms with Crippen molar-refractivity contribution in [1.29, 1.82) is 0 Å². The second-order valence-electron chi connectivity index (χ2n) is 10.6. The van der Waals surface area contributed by atoms with Crippen LogP contribution in [0.5, 0.6) is 5.75 Å². The van der Waals surface area contributed by atoms with E-state index in [0.29, 0.717) is 34.1 Å². The lowest BCUT2D eigenvalue weighted by Crippen LogP contribution is -2.74. The van der Waals surface area contributed by atoms with Gasteiger partial charge in [0.1, 0.15) is 11.3 Å². The molecule has 1 fully saturated rings. The number of hydrogen-bond acceptors (Lipinski definition) is 3. The number of para-hydroxylation sites is 3. The number of fused-ring (bicyclic) bond motifs is 3. The Morgan fingerprint density at radius 1 is 0.738 bits per heavy atom. The van der Waals surface area contributed by atoms with Gasteiger partial charge < -0.3 is 4.74 Å². The van der Waals surface area contributed by atoms with Gasteiger partial charge in [0.15, 0.2) is 0 Å². The van der Waals surface area contributed by atoms with E-state index in [2.05, 4.69) is 0 Å². The summed E-state index contributed by atoms with van der Waals surface area (Å²) in [5.41, 5.74) is 2.76. The molecule has 2 aliphatic rings. The van der Waals surface area contributed by atoms with Gasteiger partial charge in [-0.05, 0) is 59.7 Å². The maximum absolute atomic E-state index is 14.5. The quantitative estimate of drug-likeness (QED) is 0.202. The summed E-state index contributed by atoms with van der Waals surface area (Å²) in [5, 5.41) is 0.574. The summed E-state index contributed by atoms with van der Waals surface area (Å²) < 4.78 is 6.53. The van der Waals surface area contributed by atoms with Crippen molar-refractivity contribution in [3.05, 3.63) is 161 Å². The van der Waals surface area contributed by atoms with E-state index in [1.54, 1.807) is 0 Å². The predicted molar refractivity (Wildman–Crippen MR) is 165 cm³/mol. The average Bonchev–Trinajstić information content (AvgIpc) is 3.16. The predicted octanol–water partition coefficient (Wildman–Crippen LogP) is 7.82. The highest BCUT2D eigenvalue weighted by Gasteiger charge is 2.66. The van der Waals surface area contributed by atoms with Gasteiger partial charge in [-0.15, -0.1) is 0 Å². The maximum Gasteiger partial charge on any atom is 0.271 e. The van der Waals surface area contributed by atoms with Crippen LogP contribution in [0.1, 0.15) is 33.9 Å². The first-order chi connectivity index (χ1) is 20.6. The number of benzene rings is 5. The van der Waals surface area contributed by atoms with E-state index in [-0.39, 0.29) is 11.8 Å². The molecule has 0 unspecified atom stereocenters. The molecule has 5 nitrogen and oxygen atoms in total. The molecule has 5 aromatic rings. The van der Waals surface area contributed by atoms with Crippen molar-refractivity contribution in [3.8, 4) is 5.75 Å². The van der Waals surface area contributed by atoms with Crippen LogP contribution in [0, 0.1) is 0 Å². The number of carbonyl (C=O) groups excluding carboxylic acids is 2. The van der Waals surface area contributed by atoms with Crippen molar-refractivity contribution in [1.82, 2.24) is 0 Å². The zero-order valence-corrected chi connectivity index (χ0v) is 23.4. The second-order valence-corrected chi connectivity index (χ2v) is 11.0. The van der Waals surface area contributed by atoms with Crippen LogP contribution >= 0.6 is 11.6 Å².